The van der Waals surface area contributed by atoms with E-state index in [1.165, 1.54) is 0 Å². The maximum atomic E-state index is 9.18. The van der Waals surface area contributed by atoms with Crippen LogP contribution in [0.15, 0.2) is 18.2 Å². The zero-order valence-electron chi connectivity index (χ0n) is 11.2. The van der Waals surface area contributed by atoms with E-state index in [0.717, 1.165) is 24.1 Å². The lowest BCUT2D eigenvalue weighted by Crippen LogP contribution is -2.05. The monoisotopic (exact) mass is 251 g/mol. The van der Waals surface area contributed by atoms with Crippen LogP contribution in [0.3, 0.4) is 0 Å². The van der Waals surface area contributed by atoms with Crippen LogP contribution in [0.1, 0.15) is 17.5 Å². The van der Waals surface area contributed by atoms with Gasteiger partial charge in [-0.15, -0.1) is 0 Å². The highest BCUT2D eigenvalue weighted by molar-refractivity contribution is 5.65. The van der Waals surface area contributed by atoms with E-state index >= 15 is 0 Å². The summed E-state index contributed by atoms with van der Waals surface area (Å²) in [6, 6.07) is 3.64. The Hall–Kier alpha value is -1.52. The van der Waals surface area contributed by atoms with Crippen molar-refractivity contribution in [1.29, 1.82) is 0 Å². The maximum Gasteiger partial charge on any atom is 0.130 e. The van der Waals surface area contributed by atoms with E-state index in [9.17, 15) is 5.11 Å². The number of nitrogens with one attached hydrogen (secondary N) is 1. The second-order valence-electron chi connectivity index (χ2n) is 3.87. The summed E-state index contributed by atoms with van der Waals surface area (Å²) < 4.78 is 10.7. The van der Waals surface area contributed by atoms with Crippen molar-refractivity contribution < 1.29 is 14.6 Å². The SMILES string of the molecule is CNCCC=Cc1c(OC)cc(CO)cc1OC. The molecule has 100 valence electrons. The zero-order valence-corrected chi connectivity index (χ0v) is 11.2. The fourth-order valence-corrected chi connectivity index (χ4v) is 1.68. The van der Waals surface area contributed by atoms with Crippen LogP contribution in [0.5, 0.6) is 11.5 Å². The minimum absolute atomic E-state index is 0.0313. The van der Waals surface area contributed by atoms with Crippen molar-refractivity contribution in [3.05, 3.63) is 29.3 Å². The van der Waals surface area contributed by atoms with E-state index in [1.807, 2.05) is 25.3 Å². The summed E-state index contributed by atoms with van der Waals surface area (Å²) in [5.74, 6) is 1.42. The summed E-state index contributed by atoms with van der Waals surface area (Å²) >= 11 is 0. The minimum atomic E-state index is -0.0313. The van der Waals surface area contributed by atoms with E-state index in [2.05, 4.69) is 11.4 Å². The number of hydrogen-bond acceptors (Lipinski definition) is 4. The summed E-state index contributed by atoms with van der Waals surface area (Å²) in [7, 11) is 5.15. The number of aliphatic hydroxyl groups excluding tert-OH is 1. The van der Waals surface area contributed by atoms with Crippen LogP contribution in [0, 0.1) is 0 Å². The van der Waals surface area contributed by atoms with Crippen LogP contribution in [-0.4, -0.2) is 32.9 Å². The van der Waals surface area contributed by atoms with Crippen LogP contribution < -0.4 is 14.8 Å². The Balaban J connectivity index is 3.03. The smallest absolute Gasteiger partial charge is 0.130 e. The van der Waals surface area contributed by atoms with Gasteiger partial charge in [0.2, 0.25) is 0 Å². The van der Waals surface area contributed by atoms with Gasteiger partial charge in [-0.3, -0.25) is 0 Å². The largest absolute Gasteiger partial charge is 0.496 e. The molecule has 0 amide bonds. The first-order chi connectivity index (χ1) is 8.76. The molecular formula is C14H21NO3. The predicted molar refractivity (Wildman–Crippen MR) is 73.0 cm³/mol. The highest BCUT2D eigenvalue weighted by atomic mass is 16.5. The summed E-state index contributed by atoms with van der Waals surface area (Å²) in [6.07, 6.45) is 4.98. The average molecular weight is 251 g/mol. The number of rotatable bonds is 7. The van der Waals surface area contributed by atoms with Gasteiger partial charge in [0.1, 0.15) is 11.5 Å². The molecule has 1 aromatic carbocycles. The highest BCUT2D eigenvalue weighted by Crippen LogP contribution is 2.31. The molecule has 1 aromatic rings. The Morgan fingerprint density at radius 2 is 1.83 bits per heavy atom. The van der Waals surface area contributed by atoms with Gasteiger partial charge in [-0.05, 0) is 37.7 Å². The molecule has 0 aromatic heterocycles. The second-order valence-corrected chi connectivity index (χ2v) is 3.87. The third-order valence-corrected chi connectivity index (χ3v) is 2.63. The minimum Gasteiger partial charge on any atom is -0.496 e. The Morgan fingerprint density at radius 1 is 1.22 bits per heavy atom. The number of methoxy groups -OCH3 is 2. The molecule has 1 rings (SSSR count). The van der Waals surface area contributed by atoms with Gasteiger partial charge in [-0.25, -0.2) is 0 Å². The van der Waals surface area contributed by atoms with Gasteiger partial charge in [0.15, 0.2) is 0 Å². The molecule has 18 heavy (non-hydrogen) atoms. The molecule has 0 heterocycles. The van der Waals surface area contributed by atoms with Gasteiger partial charge in [0.25, 0.3) is 0 Å². The summed E-state index contributed by atoms with van der Waals surface area (Å²) in [4.78, 5) is 0. The van der Waals surface area contributed by atoms with Gasteiger partial charge < -0.3 is 19.9 Å². The zero-order chi connectivity index (χ0) is 13.4. The van der Waals surface area contributed by atoms with E-state index in [-0.39, 0.29) is 6.61 Å². The van der Waals surface area contributed by atoms with E-state index in [0.29, 0.717) is 11.5 Å². The Labute approximate surface area is 108 Å². The molecule has 0 aliphatic heterocycles. The van der Waals surface area contributed by atoms with Crippen molar-refractivity contribution in [2.75, 3.05) is 27.8 Å². The first-order valence-electron chi connectivity index (χ1n) is 5.93. The average Bonchev–Trinajstić information content (AvgIpc) is 2.42. The lowest BCUT2D eigenvalue weighted by molar-refractivity contribution is 0.280. The predicted octanol–water partition coefficient (Wildman–Crippen LogP) is 1.82. The van der Waals surface area contributed by atoms with Crippen molar-refractivity contribution in [2.24, 2.45) is 0 Å². The fourth-order valence-electron chi connectivity index (χ4n) is 1.68. The van der Waals surface area contributed by atoms with Crippen molar-refractivity contribution in [3.8, 4) is 11.5 Å². The number of aliphatic hydroxyl groups is 1. The molecule has 0 unspecified atom stereocenters. The molecule has 0 saturated heterocycles. The molecule has 0 radical (unpaired) electrons. The molecule has 0 aliphatic carbocycles. The van der Waals surface area contributed by atoms with Crippen molar-refractivity contribution >= 4 is 6.08 Å². The third-order valence-electron chi connectivity index (χ3n) is 2.63. The van der Waals surface area contributed by atoms with Gasteiger partial charge in [0.05, 0.1) is 26.4 Å². The fraction of sp³-hybridized carbons (Fsp3) is 0.429. The maximum absolute atomic E-state index is 9.18. The Bertz CT molecular complexity index is 377. The Morgan fingerprint density at radius 3 is 2.28 bits per heavy atom. The molecule has 2 N–H and O–H groups in total. The standard InChI is InChI=1S/C14H21NO3/c1-15-7-5-4-6-12-13(17-2)8-11(10-16)9-14(12)18-3/h4,6,8-9,15-16H,5,7,10H2,1-3H3. The van der Waals surface area contributed by atoms with Crippen molar-refractivity contribution in [3.63, 3.8) is 0 Å². The third kappa shape index (κ3) is 3.75. The quantitative estimate of drug-likeness (QED) is 0.726. The molecule has 4 nitrogen and oxygen atoms in total. The first-order valence-corrected chi connectivity index (χ1v) is 5.93. The van der Waals surface area contributed by atoms with Crippen LogP contribution in [-0.2, 0) is 6.61 Å². The Kier molecular flexibility index (Phi) is 6.25. The molecule has 0 saturated carbocycles. The lowest BCUT2D eigenvalue weighted by Gasteiger charge is -2.12. The van der Waals surface area contributed by atoms with E-state index in [1.54, 1.807) is 14.2 Å². The first kappa shape index (κ1) is 14.5. The second kappa shape index (κ2) is 7.74. The number of ether oxygens (including phenoxy) is 2. The molecule has 0 spiro atoms. The summed E-state index contributed by atoms with van der Waals surface area (Å²) in [5, 5.41) is 12.3. The summed E-state index contributed by atoms with van der Waals surface area (Å²) in [6.45, 7) is 0.895. The van der Waals surface area contributed by atoms with Crippen LogP contribution in [0.4, 0.5) is 0 Å². The molecule has 0 fully saturated rings. The molecular weight excluding hydrogens is 230 g/mol. The topological polar surface area (TPSA) is 50.7 Å². The number of benzene rings is 1. The van der Waals surface area contributed by atoms with Crippen molar-refractivity contribution in [2.45, 2.75) is 13.0 Å². The summed E-state index contributed by atoms with van der Waals surface area (Å²) in [5.41, 5.74) is 1.67. The van der Waals surface area contributed by atoms with Gasteiger partial charge in [-0.1, -0.05) is 12.2 Å². The molecule has 0 atom stereocenters. The lowest BCUT2D eigenvalue weighted by atomic mass is 10.1. The number of hydrogen-bond donors (Lipinski definition) is 2. The molecule has 0 aliphatic rings. The van der Waals surface area contributed by atoms with E-state index in [4.69, 9.17) is 9.47 Å². The van der Waals surface area contributed by atoms with Crippen LogP contribution in [0.2, 0.25) is 0 Å². The van der Waals surface area contributed by atoms with Gasteiger partial charge in [0, 0.05) is 0 Å². The van der Waals surface area contributed by atoms with E-state index < -0.39 is 0 Å². The van der Waals surface area contributed by atoms with Crippen molar-refractivity contribution in [1.82, 2.24) is 5.32 Å². The van der Waals surface area contributed by atoms with Gasteiger partial charge in [-0.2, -0.15) is 0 Å². The van der Waals surface area contributed by atoms with Gasteiger partial charge >= 0.3 is 0 Å². The molecule has 0 bridgehead atoms. The normalized spacial score (nSPS) is 10.9. The molecule has 4 heteroatoms. The van der Waals surface area contributed by atoms with Crippen LogP contribution >= 0.6 is 0 Å². The highest BCUT2D eigenvalue weighted by Gasteiger charge is 2.09. The van der Waals surface area contributed by atoms with Crippen LogP contribution in [0.25, 0.3) is 6.08 Å².